The Kier molecular flexibility index (Phi) is 5.39. The maximum Gasteiger partial charge on any atom is 0.270 e. The molecule has 6 nitrogen and oxygen atoms in total. The van der Waals surface area contributed by atoms with E-state index in [2.05, 4.69) is 5.32 Å². The van der Waals surface area contributed by atoms with Crippen LogP contribution in [0, 0.1) is 5.82 Å². The fourth-order valence-corrected chi connectivity index (χ4v) is 3.59. The van der Waals surface area contributed by atoms with E-state index in [1.54, 1.807) is 12.1 Å². The van der Waals surface area contributed by atoms with Crippen molar-refractivity contribution in [3.05, 3.63) is 83.9 Å². The number of nitrogens with zero attached hydrogens (tertiary/aromatic N) is 3. The Morgan fingerprint density at radius 2 is 1.71 bits per heavy atom. The normalized spacial score (nSPS) is 15.4. The summed E-state index contributed by atoms with van der Waals surface area (Å²) in [4.78, 5) is 28.7. The van der Waals surface area contributed by atoms with Gasteiger partial charge in [0.25, 0.3) is 11.8 Å². The monoisotopic (exact) mass is 434 g/mol. The van der Waals surface area contributed by atoms with Crippen LogP contribution in [0.1, 0.15) is 5.69 Å². The van der Waals surface area contributed by atoms with Gasteiger partial charge in [0.2, 0.25) is 0 Å². The Bertz CT molecular complexity index is 1210. The van der Waals surface area contributed by atoms with E-state index in [-0.39, 0.29) is 16.4 Å². The van der Waals surface area contributed by atoms with E-state index in [0.29, 0.717) is 5.69 Å². The summed E-state index contributed by atoms with van der Waals surface area (Å²) in [5, 5.41) is 2.31. The standard InChI is InChI=1S/C23H19FN4O2S/c1-26(2)15-9-11-16(12-10-15)27-13-5-6-17(27)14-18-21(29)25-23(31)28(22(18)30)20-8-4-3-7-19(20)24/h3-14H,1-2H3,(H,25,29,31)/b18-14+. The first kappa shape index (κ1) is 20.5. The Balaban J connectivity index is 1.73. The van der Waals surface area contributed by atoms with Gasteiger partial charge in [-0.15, -0.1) is 0 Å². The molecule has 1 fully saturated rings. The van der Waals surface area contributed by atoms with Crippen molar-refractivity contribution >= 4 is 46.6 Å². The molecule has 0 spiro atoms. The number of amides is 2. The minimum absolute atomic E-state index is 0.0157. The lowest BCUT2D eigenvalue weighted by molar-refractivity contribution is -0.122. The number of rotatable bonds is 4. The molecule has 2 aromatic carbocycles. The van der Waals surface area contributed by atoms with Crippen molar-refractivity contribution in [1.82, 2.24) is 9.88 Å². The van der Waals surface area contributed by atoms with Gasteiger partial charge >= 0.3 is 0 Å². The highest BCUT2D eigenvalue weighted by atomic mass is 32.1. The maximum atomic E-state index is 14.3. The number of para-hydroxylation sites is 1. The molecule has 2 heterocycles. The SMILES string of the molecule is CN(C)c1ccc(-n2cccc2/C=C2\C(=O)NC(=S)N(c3ccccc3F)C2=O)cc1. The van der Waals surface area contributed by atoms with Gasteiger partial charge in [0, 0.05) is 37.4 Å². The third-order valence-corrected chi connectivity index (χ3v) is 5.20. The zero-order valence-corrected chi connectivity index (χ0v) is 17.7. The highest BCUT2D eigenvalue weighted by Crippen LogP contribution is 2.25. The van der Waals surface area contributed by atoms with E-state index in [4.69, 9.17) is 12.2 Å². The van der Waals surface area contributed by atoms with Crippen LogP contribution < -0.4 is 15.1 Å². The summed E-state index contributed by atoms with van der Waals surface area (Å²) in [7, 11) is 3.92. The van der Waals surface area contributed by atoms with Crippen LogP contribution in [0.25, 0.3) is 11.8 Å². The van der Waals surface area contributed by atoms with Crippen LogP contribution in [0.4, 0.5) is 15.8 Å². The second-order valence-electron chi connectivity index (χ2n) is 7.12. The van der Waals surface area contributed by atoms with Crippen LogP contribution in [-0.4, -0.2) is 35.6 Å². The third-order valence-electron chi connectivity index (χ3n) is 4.91. The zero-order chi connectivity index (χ0) is 22.1. The summed E-state index contributed by atoms with van der Waals surface area (Å²) in [5.41, 5.74) is 2.39. The number of thiocarbonyl (C=S) groups is 1. The van der Waals surface area contributed by atoms with Crippen molar-refractivity contribution in [2.24, 2.45) is 0 Å². The molecule has 0 saturated carbocycles. The van der Waals surface area contributed by atoms with Gasteiger partial charge < -0.3 is 9.47 Å². The summed E-state index contributed by atoms with van der Waals surface area (Å²) >= 11 is 5.13. The van der Waals surface area contributed by atoms with Crippen LogP contribution in [-0.2, 0) is 9.59 Å². The number of aromatic nitrogens is 1. The van der Waals surface area contributed by atoms with Crippen LogP contribution >= 0.6 is 12.2 Å². The second kappa shape index (κ2) is 8.16. The van der Waals surface area contributed by atoms with Crippen molar-refractivity contribution in [2.45, 2.75) is 0 Å². The van der Waals surface area contributed by atoms with Crippen molar-refractivity contribution in [3.8, 4) is 5.69 Å². The van der Waals surface area contributed by atoms with Crippen molar-refractivity contribution in [1.29, 1.82) is 0 Å². The highest BCUT2D eigenvalue weighted by molar-refractivity contribution is 7.80. The molecule has 2 amide bonds. The smallest absolute Gasteiger partial charge is 0.270 e. The molecule has 0 atom stereocenters. The molecule has 1 N–H and O–H groups in total. The number of halogens is 1. The number of carbonyl (C=O) groups excluding carboxylic acids is 2. The van der Waals surface area contributed by atoms with E-state index < -0.39 is 17.6 Å². The molecule has 31 heavy (non-hydrogen) atoms. The Labute approximate surface area is 184 Å². The van der Waals surface area contributed by atoms with Gasteiger partial charge in [0.05, 0.1) is 5.69 Å². The highest BCUT2D eigenvalue weighted by Gasteiger charge is 2.35. The van der Waals surface area contributed by atoms with Crippen molar-refractivity contribution in [2.75, 3.05) is 23.9 Å². The molecule has 0 radical (unpaired) electrons. The molecular formula is C23H19FN4O2S. The molecule has 0 bridgehead atoms. The molecule has 4 rings (SSSR count). The van der Waals surface area contributed by atoms with Gasteiger partial charge in [0.1, 0.15) is 11.4 Å². The molecule has 156 valence electrons. The topological polar surface area (TPSA) is 57.6 Å². The maximum absolute atomic E-state index is 14.3. The number of hydrogen-bond acceptors (Lipinski definition) is 4. The molecule has 1 saturated heterocycles. The first-order chi connectivity index (χ1) is 14.9. The Morgan fingerprint density at radius 1 is 1.00 bits per heavy atom. The van der Waals surface area contributed by atoms with Gasteiger partial charge in [-0.1, -0.05) is 12.1 Å². The molecule has 8 heteroatoms. The zero-order valence-electron chi connectivity index (χ0n) is 16.9. The summed E-state index contributed by atoms with van der Waals surface area (Å²) in [5.74, 6) is -1.93. The van der Waals surface area contributed by atoms with E-state index in [0.717, 1.165) is 16.3 Å². The number of carbonyl (C=O) groups is 2. The second-order valence-corrected chi connectivity index (χ2v) is 7.51. The lowest BCUT2D eigenvalue weighted by Gasteiger charge is -2.29. The number of hydrogen-bond donors (Lipinski definition) is 1. The average Bonchev–Trinajstić information content (AvgIpc) is 3.20. The molecule has 1 aromatic heterocycles. The first-order valence-corrected chi connectivity index (χ1v) is 9.89. The quantitative estimate of drug-likeness (QED) is 0.388. The van der Waals surface area contributed by atoms with Gasteiger partial charge in [-0.2, -0.15) is 0 Å². The fraction of sp³-hybridized carbons (Fsp3) is 0.0870. The van der Waals surface area contributed by atoms with Crippen LogP contribution in [0.15, 0.2) is 72.4 Å². The van der Waals surface area contributed by atoms with Gasteiger partial charge in [0.15, 0.2) is 5.11 Å². The summed E-state index contributed by atoms with van der Waals surface area (Å²) in [6.45, 7) is 0. The molecule has 1 aliphatic rings. The lowest BCUT2D eigenvalue weighted by atomic mass is 10.1. The predicted molar refractivity (Wildman–Crippen MR) is 123 cm³/mol. The van der Waals surface area contributed by atoms with Gasteiger partial charge in [-0.25, -0.2) is 9.29 Å². The van der Waals surface area contributed by atoms with E-state index in [1.807, 2.05) is 60.1 Å². The van der Waals surface area contributed by atoms with E-state index in [9.17, 15) is 14.0 Å². The minimum atomic E-state index is -0.686. The summed E-state index contributed by atoms with van der Waals surface area (Å²) in [6, 6.07) is 17.2. The third kappa shape index (κ3) is 3.85. The van der Waals surface area contributed by atoms with Crippen LogP contribution in [0.2, 0.25) is 0 Å². The van der Waals surface area contributed by atoms with Crippen LogP contribution in [0.5, 0.6) is 0 Å². The predicted octanol–water partition coefficient (Wildman–Crippen LogP) is 3.51. The van der Waals surface area contributed by atoms with E-state index in [1.165, 1.54) is 24.3 Å². The molecule has 0 aliphatic carbocycles. The number of anilines is 2. The minimum Gasteiger partial charge on any atom is -0.378 e. The lowest BCUT2D eigenvalue weighted by Crippen LogP contribution is -2.54. The molecular weight excluding hydrogens is 415 g/mol. The Morgan fingerprint density at radius 3 is 2.39 bits per heavy atom. The number of nitrogens with one attached hydrogen (secondary N) is 1. The van der Waals surface area contributed by atoms with Crippen molar-refractivity contribution < 1.29 is 14.0 Å². The average molecular weight is 434 g/mol. The summed E-state index contributed by atoms with van der Waals surface area (Å²) in [6.07, 6.45) is 3.31. The summed E-state index contributed by atoms with van der Waals surface area (Å²) < 4.78 is 16.2. The molecule has 3 aromatic rings. The molecule has 0 unspecified atom stereocenters. The molecule has 1 aliphatic heterocycles. The first-order valence-electron chi connectivity index (χ1n) is 9.48. The Hall–Kier alpha value is -3.78. The number of benzene rings is 2. The van der Waals surface area contributed by atoms with E-state index >= 15 is 0 Å². The van der Waals surface area contributed by atoms with Crippen LogP contribution in [0.3, 0.4) is 0 Å². The fourth-order valence-electron chi connectivity index (χ4n) is 3.32. The van der Waals surface area contributed by atoms with Gasteiger partial charge in [-0.05, 0) is 66.8 Å². The largest absolute Gasteiger partial charge is 0.378 e. The van der Waals surface area contributed by atoms with Gasteiger partial charge in [-0.3, -0.25) is 14.9 Å². The van der Waals surface area contributed by atoms with Crippen molar-refractivity contribution in [3.63, 3.8) is 0 Å².